The first-order valence-electron chi connectivity index (χ1n) is 7.16. The second kappa shape index (κ2) is 8.06. The minimum Gasteiger partial charge on any atom is -0.344 e. The van der Waals surface area contributed by atoms with Gasteiger partial charge >= 0.3 is 0 Å². The monoisotopic (exact) mass is 387 g/mol. The van der Waals surface area contributed by atoms with Gasteiger partial charge in [0.15, 0.2) is 0 Å². The Morgan fingerprint density at radius 2 is 2.00 bits per heavy atom. The van der Waals surface area contributed by atoms with Gasteiger partial charge in [-0.05, 0) is 24.3 Å². The highest BCUT2D eigenvalue weighted by Crippen LogP contribution is 2.27. The number of likely N-dealkylation sites (N-methyl/N-ethyl adjacent to an activating group) is 2. The third kappa shape index (κ3) is 4.76. The largest absolute Gasteiger partial charge is 0.344 e. The lowest BCUT2D eigenvalue weighted by Gasteiger charge is -2.21. The van der Waals surface area contributed by atoms with Crippen LogP contribution in [0.2, 0.25) is 4.34 Å². The van der Waals surface area contributed by atoms with Crippen LogP contribution in [0.1, 0.15) is 5.69 Å². The predicted octanol–water partition coefficient (Wildman–Crippen LogP) is 2.12. The lowest BCUT2D eigenvalue weighted by molar-refractivity contribution is -0.129. The highest BCUT2D eigenvalue weighted by molar-refractivity contribution is 7.91. The number of rotatable bonds is 7. The minimum absolute atomic E-state index is 0.124. The molecule has 2 rings (SSSR count). The van der Waals surface area contributed by atoms with Crippen LogP contribution in [0.3, 0.4) is 0 Å². The van der Waals surface area contributed by atoms with E-state index in [1.807, 2.05) is 18.2 Å². The van der Waals surface area contributed by atoms with Crippen molar-refractivity contribution in [1.29, 1.82) is 0 Å². The molecule has 0 N–H and O–H groups in total. The summed E-state index contributed by atoms with van der Waals surface area (Å²) in [6, 6.07) is 8.56. The Morgan fingerprint density at radius 3 is 2.58 bits per heavy atom. The third-order valence-corrected chi connectivity index (χ3v) is 6.93. The molecule has 0 fully saturated rings. The Hall–Kier alpha value is -1.48. The number of pyridine rings is 1. The van der Waals surface area contributed by atoms with Crippen LogP contribution in [-0.2, 0) is 21.2 Å². The van der Waals surface area contributed by atoms with E-state index in [2.05, 4.69) is 4.98 Å². The first-order valence-corrected chi connectivity index (χ1v) is 9.79. The molecule has 1 amide bonds. The van der Waals surface area contributed by atoms with Crippen molar-refractivity contribution in [3.05, 3.63) is 46.6 Å². The second-order valence-corrected chi connectivity index (χ2v) is 9.19. The number of aromatic nitrogens is 1. The number of halogens is 1. The second-order valence-electron chi connectivity index (χ2n) is 5.21. The summed E-state index contributed by atoms with van der Waals surface area (Å²) < 4.78 is 26.3. The lowest BCUT2D eigenvalue weighted by atomic mass is 10.2. The van der Waals surface area contributed by atoms with Gasteiger partial charge in [-0.2, -0.15) is 4.31 Å². The fraction of sp³-hybridized carbons (Fsp3) is 0.333. The number of carbonyl (C=O) groups is 1. The van der Waals surface area contributed by atoms with Crippen LogP contribution in [-0.4, -0.2) is 55.7 Å². The zero-order valence-electron chi connectivity index (χ0n) is 13.3. The van der Waals surface area contributed by atoms with Crippen LogP contribution in [0.4, 0.5) is 0 Å². The fourth-order valence-corrected chi connectivity index (χ4v) is 4.75. The van der Waals surface area contributed by atoms with Crippen molar-refractivity contribution in [2.24, 2.45) is 0 Å². The van der Waals surface area contributed by atoms with Gasteiger partial charge in [0.2, 0.25) is 5.91 Å². The van der Waals surface area contributed by atoms with Crippen molar-refractivity contribution in [2.75, 3.05) is 27.2 Å². The molecule has 2 heterocycles. The standard InChI is InChI=1S/C15H18ClN3O3S2/c1-18(10-8-12-5-3-4-9-17-12)14(20)11-19(2)24(21,22)15-7-6-13(16)23-15/h3-7,9H,8,10-11H2,1-2H3. The number of nitrogens with zero attached hydrogens (tertiary/aromatic N) is 3. The summed E-state index contributed by atoms with van der Waals surface area (Å²) >= 11 is 6.75. The molecule has 0 aliphatic heterocycles. The van der Waals surface area contributed by atoms with Gasteiger partial charge in [0.25, 0.3) is 10.0 Å². The molecule has 0 saturated heterocycles. The Morgan fingerprint density at radius 1 is 1.25 bits per heavy atom. The lowest BCUT2D eigenvalue weighted by Crippen LogP contribution is -2.39. The molecule has 6 nitrogen and oxygen atoms in total. The van der Waals surface area contributed by atoms with Crippen molar-refractivity contribution < 1.29 is 13.2 Å². The van der Waals surface area contributed by atoms with Crippen molar-refractivity contribution >= 4 is 38.9 Å². The van der Waals surface area contributed by atoms with Gasteiger partial charge in [-0.1, -0.05) is 17.7 Å². The molecule has 0 aliphatic carbocycles. The van der Waals surface area contributed by atoms with Crippen molar-refractivity contribution in [1.82, 2.24) is 14.2 Å². The average molecular weight is 388 g/mol. The molecule has 0 unspecified atom stereocenters. The Labute approximate surface area is 150 Å². The molecular weight excluding hydrogens is 370 g/mol. The van der Waals surface area contributed by atoms with E-state index in [0.717, 1.165) is 21.3 Å². The summed E-state index contributed by atoms with van der Waals surface area (Å²) in [7, 11) is -0.677. The highest BCUT2D eigenvalue weighted by Gasteiger charge is 2.25. The van der Waals surface area contributed by atoms with E-state index in [1.54, 1.807) is 13.2 Å². The van der Waals surface area contributed by atoms with Crippen LogP contribution >= 0.6 is 22.9 Å². The molecule has 0 saturated carbocycles. The summed E-state index contributed by atoms with van der Waals surface area (Å²) in [4.78, 5) is 17.9. The van der Waals surface area contributed by atoms with E-state index < -0.39 is 10.0 Å². The summed E-state index contributed by atoms with van der Waals surface area (Å²) in [5.41, 5.74) is 0.881. The van der Waals surface area contributed by atoms with Crippen LogP contribution in [0, 0.1) is 0 Å². The molecule has 0 spiro atoms. The number of hydrogen-bond donors (Lipinski definition) is 0. The molecule has 2 aromatic heterocycles. The quantitative estimate of drug-likeness (QED) is 0.729. The molecule has 0 aliphatic rings. The average Bonchev–Trinajstić information content (AvgIpc) is 3.00. The number of thiophene rings is 1. The molecule has 0 bridgehead atoms. The third-order valence-electron chi connectivity index (χ3n) is 3.43. The van der Waals surface area contributed by atoms with Gasteiger partial charge in [-0.25, -0.2) is 8.42 Å². The molecule has 0 radical (unpaired) electrons. The zero-order valence-corrected chi connectivity index (χ0v) is 15.7. The van der Waals surface area contributed by atoms with E-state index in [1.165, 1.54) is 24.1 Å². The number of sulfonamides is 1. The maximum Gasteiger partial charge on any atom is 0.252 e. The van der Waals surface area contributed by atoms with E-state index >= 15 is 0 Å². The predicted molar refractivity (Wildman–Crippen MR) is 94.7 cm³/mol. The van der Waals surface area contributed by atoms with Gasteiger partial charge in [0, 0.05) is 39.0 Å². The van der Waals surface area contributed by atoms with Gasteiger partial charge in [-0.15, -0.1) is 11.3 Å². The van der Waals surface area contributed by atoms with Crippen LogP contribution in [0.15, 0.2) is 40.7 Å². The molecule has 0 aromatic carbocycles. The maximum atomic E-state index is 12.4. The van der Waals surface area contributed by atoms with Gasteiger partial charge in [-0.3, -0.25) is 9.78 Å². The zero-order chi connectivity index (χ0) is 17.7. The van der Waals surface area contributed by atoms with Crippen LogP contribution in [0.5, 0.6) is 0 Å². The van der Waals surface area contributed by atoms with Gasteiger partial charge in [0.05, 0.1) is 10.9 Å². The Balaban J connectivity index is 1.93. The first kappa shape index (κ1) is 18.9. The molecule has 2 aromatic rings. The van der Waals surface area contributed by atoms with E-state index in [9.17, 15) is 13.2 Å². The molecule has 0 atom stereocenters. The normalized spacial score (nSPS) is 11.7. The summed E-state index contributed by atoms with van der Waals surface area (Å²) in [6.45, 7) is 0.241. The maximum absolute atomic E-state index is 12.4. The molecule has 130 valence electrons. The summed E-state index contributed by atoms with van der Waals surface area (Å²) in [6.07, 6.45) is 2.31. The SMILES string of the molecule is CN(CCc1ccccn1)C(=O)CN(C)S(=O)(=O)c1ccc(Cl)s1. The van der Waals surface area contributed by atoms with Gasteiger partial charge < -0.3 is 4.90 Å². The van der Waals surface area contributed by atoms with Crippen molar-refractivity contribution in [2.45, 2.75) is 10.6 Å². The topological polar surface area (TPSA) is 70.6 Å². The number of carbonyl (C=O) groups excluding carboxylic acids is 1. The van der Waals surface area contributed by atoms with Crippen LogP contribution in [0.25, 0.3) is 0 Å². The summed E-state index contributed by atoms with van der Waals surface area (Å²) in [5, 5.41) is 0. The summed E-state index contributed by atoms with van der Waals surface area (Å²) in [5.74, 6) is -0.278. The van der Waals surface area contributed by atoms with E-state index in [-0.39, 0.29) is 16.7 Å². The molecular formula is C15H18ClN3O3S2. The van der Waals surface area contributed by atoms with Gasteiger partial charge in [0.1, 0.15) is 4.21 Å². The molecule has 24 heavy (non-hydrogen) atoms. The minimum atomic E-state index is -3.71. The number of amides is 1. The number of hydrogen-bond acceptors (Lipinski definition) is 5. The fourth-order valence-electron chi connectivity index (χ4n) is 1.94. The van der Waals surface area contributed by atoms with Crippen molar-refractivity contribution in [3.63, 3.8) is 0 Å². The smallest absolute Gasteiger partial charge is 0.252 e. The Bertz CT molecular complexity index is 793. The van der Waals surface area contributed by atoms with Crippen molar-refractivity contribution in [3.8, 4) is 0 Å². The van der Waals surface area contributed by atoms with E-state index in [0.29, 0.717) is 17.3 Å². The van der Waals surface area contributed by atoms with Crippen LogP contribution < -0.4 is 0 Å². The Kier molecular flexibility index (Phi) is 6.34. The molecule has 9 heteroatoms. The highest BCUT2D eigenvalue weighted by atomic mass is 35.5. The van der Waals surface area contributed by atoms with E-state index in [4.69, 9.17) is 11.6 Å². The first-order chi connectivity index (χ1) is 11.3.